The highest BCUT2D eigenvalue weighted by Gasteiger charge is 2.50. The molecule has 15 heavy (non-hydrogen) atoms. The second-order valence-electron chi connectivity index (χ2n) is 5.23. The summed E-state index contributed by atoms with van der Waals surface area (Å²) in [6.45, 7) is 2.07. The minimum atomic E-state index is 0.350. The Morgan fingerprint density at radius 3 is 2.60 bits per heavy atom. The number of Topliss-reactive ketones (excluding diaryl/α,β-unsaturated/α-hetero) is 1. The summed E-state index contributed by atoms with van der Waals surface area (Å²) in [5, 5.41) is 0. The molecule has 0 radical (unpaired) electrons. The lowest BCUT2D eigenvalue weighted by Gasteiger charge is -2.53. The zero-order chi connectivity index (χ0) is 10.5. The van der Waals surface area contributed by atoms with E-state index in [1.807, 2.05) is 6.07 Å². The smallest absolute Gasteiger partial charge is 0.175 e. The van der Waals surface area contributed by atoms with Crippen LogP contribution in [-0.4, -0.2) is 5.78 Å². The number of hydrogen-bond acceptors (Lipinski definition) is 2. The largest absolute Gasteiger partial charge is 0.293 e. The second kappa shape index (κ2) is 3.18. The first-order valence-electron chi connectivity index (χ1n) is 5.79. The summed E-state index contributed by atoms with van der Waals surface area (Å²) in [6, 6.07) is 4.05. The molecule has 2 heteroatoms. The standard InChI is InChI=1S/C13H16OS/c1-9-3-4-11(15-9)12(14)10-7-13(8-10)5-2-6-13/h3-4,10H,2,5-8H2,1H3. The van der Waals surface area contributed by atoms with Crippen LogP contribution in [0.15, 0.2) is 12.1 Å². The molecule has 0 N–H and O–H groups in total. The summed E-state index contributed by atoms with van der Waals surface area (Å²) >= 11 is 1.65. The molecule has 80 valence electrons. The summed E-state index contributed by atoms with van der Waals surface area (Å²) in [7, 11) is 0. The van der Waals surface area contributed by atoms with Crippen LogP contribution in [0.2, 0.25) is 0 Å². The third kappa shape index (κ3) is 1.46. The van der Waals surface area contributed by atoms with Crippen LogP contribution in [0, 0.1) is 18.3 Å². The van der Waals surface area contributed by atoms with Crippen molar-refractivity contribution in [1.82, 2.24) is 0 Å². The van der Waals surface area contributed by atoms with E-state index in [9.17, 15) is 4.79 Å². The van der Waals surface area contributed by atoms with Crippen molar-refractivity contribution in [2.45, 2.75) is 39.0 Å². The van der Waals surface area contributed by atoms with E-state index in [4.69, 9.17) is 0 Å². The number of rotatable bonds is 2. The Hall–Kier alpha value is -0.630. The molecular weight excluding hydrogens is 204 g/mol. The van der Waals surface area contributed by atoms with Gasteiger partial charge in [0.05, 0.1) is 4.88 Å². The number of carbonyl (C=O) groups excluding carboxylic acids is 1. The highest BCUT2D eigenvalue weighted by atomic mass is 32.1. The van der Waals surface area contributed by atoms with Gasteiger partial charge in [0, 0.05) is 10.8 Å². The van der Waals surface area contributed by atoms with Crippen molar-refractivity contribution in [2.24, 2.45) is 11.3 Å². The number of hydrogen-bond donors (Lipinski definition) is 0. The first kappa shape index (κ1) is 9.59. The van der Waals surface area contributed by atoms with Crippen molar-refractivity contribution < 1.29 is 4.79 Å². The maximum absolute atomic E-state index is 12.1. The van der Waals surface area contributed by atoms with Crippen LogP contribution in [-0.2, 0) is 0 Å². The quantitative estimate of drug-likeness (QED) is 0.692. The van der Waals surface area contributed by atoms with Gasteiger partial charge >= 0.3 is 0 Å². The lowest BCUT2D eigenvalue weighted by atomic mass is 9.51. The fourth-order valence-corrected chi connectivity index (χ4v) is 3.91. The van der Waals surface area contributed by atoms with Crippen LogP contribution in [0.5, 0.6) is 0 Å². The van der Waals surface area contributed by atoms with E-state index in [-0.39, 0.29) is 0 Å². The Morgan fingerprint density at radius 1 is 1.40 bits per heavy atom. The number of aryl methyl sites for hydroxylation is 1. The molecule has 0 amide bonds. The SMILES string of the molecule is Cc1ccc(C(=O)C2CC3(CCC3)C2)s1. The van der Waals surface area contributed by atoms with Crippen molar-refractivity contribution >= 4 is 17.1 Å². The Labute approximate surface area is 94.5 Å². The average molecular weight is 220 g/mol. The monoisotopic (exact) mass is 220 g/mol. The Balaban J connectivity index is 1.67. The zero-order valence-electron chi connectivity index (χ0n) is 9.08. The van der Waals surface area contributed by atoms with E-state index < -0.39 is 0 Å². The molecular formula is C13H16OS. The van der Waals surface area contributed by atoms with Crippen molar-refractivity contribution in [2.75, 3.05) is 0 Å². The fourth-order valence-electron chi connectivity index (χ4n) is 3.02. The van der Waals surface area contributed by atoms with Crippen LogP contribution in [0.4, 0.5) is 0 Å². The number of ketones is 1. The normalized spacial score (nSPS) is 23.5. The van der Waals surface area contributed by atoms with Crippen LogP contribution in [0.1, 0.15) is 46.7 Å². The van der Waals surface area contributed by atoms with Crippen LogP contribution < -0.4 is 0 Å². The van der Waals surface area contributed by atoms with Gasteiger partial charge in [0.2, 0.25) is 0 Å². The van der Waals surface area contributed by atoms with Crippen LogP contribution in [0.3, 0.4) is 0 Å². The summed E-state index contributed by atoms with van der Waals surface area (Å²) < 4.78 is 0. The van der Waals surface area contributed by atoms with E-state index in [2.05, 4.69) is 13.0 Å². The molecule has 1 spiro atoms. The summed E-state index contributed by atoms with van der Waals surface area (Å²) in [5.41, 5.74) is 0.618. The Kier molecular flexibility index (Phi) is 2.03. The molecule has 1 aromatic rings. The molecule has 2 fully saturated rings. The summed E-state index contributed by atoms with van der Waals surface area (Å²) in [6.07, 6.45) is 6.48. The highest BCUT2D eigenvalue weighted by Crippen LogP contribution is 2.59. The number of carbonyl (C=O) groups is 1. The molecule has 3 rings (SSSR count). The topological polar surface area (TPSA) is 17.1 Å². The fraction of sp³-hybridized carbons (Fsp3) is 0.615. The van der Waals surface area contributed by atoms with Gasteiger partial charge in [0.15, 0.2) is 5.78 Å². The van der Waals surface area contributed by atoms with Gasteiger partial charge in [0.1, 0.15) is 0 Å². The van der Waals surface area contributed by atoms with Crippen molar-refractivity contribution in [3.63, 3.8) is 0 Å². The van der Waals surface area contributed by atoms with Gasteiger partial charge in [-0.2, -0.15) is 0 Å². The molecule has 1 nitrogen and oxygen atoms in total. The number of thiophene rings is 1. The van der Waals surface area contributed by atoms with Gasteiger partial charge in [0.25, 0.3) is 0 Å². The minimum Gasteiger partial charge on any atom is -0.293 e. The van der Waals surface area contributed by atoms with Crippen LogP contribution >= 0.6 is 11.3 Å². The van der Waals surface area contributed by atoms with E-state index in [1.165, 1.54) is 37.0 Å². The van der Waals surface area contributed by atoms with Gasteiger partial charge < -0.3 is 0 Å². The lowest BCUT2D eigenvalue weighted by Crippen LogP contribution is -2.45. The molecule has 0 unspecified atom stereocenters. The summed E-state index contributed by atoms with van der Waals surface area (Å²) in [5.74, 6) is 0.758. The van der Waals surface area contributed by atoms with Crippen molar-refractivity contribution in [3.8, 4) is 0 Å². The van der Waals surface area contributed by atoms with Gasteiger partial charge in [-0.05, 0) is 50.2 Å². The minimum absolute atomic E-state index is 0.350. The van der Waals surface area contributed by atoms with Gasteiger partial charge in [-0.25, -0.2) is 0 Å². The second-order valence-corrected chi connectivity index (χ2v) is 6.52. The van der Waals surface area contributed by atoms with E-state index in [0.717, 1.165) is 4.88 Å². The van der Waals surface area contributed by atoms with Crippen molar-refractivity contribution in [1.29, 1.82) is 0 Å². The lowest BCUT2D eigenvalue weighted by molar-refractivity contribution is -0.0148. The first-order chi connectivity index (χ1) is 7.19. The van der Waals surface area contributed by atoms with Gasteiger partial charge in [-0.3, -0.25) is 4.79 Å². The molecule has 0 saturated heterocycles. The third-order valence-electron chi connectivity index (χ3n) is 4.13. The average Bonchev–Trinajstić information content (AvgIpc) is 2.46. The molecule has 0 aliphatic heterocycles. The van der Waals surface area contributed by atoms with Gasteiger partial charge in [-0.15, -0.1) is 11.3 Å². The van der Waals surface area contributed by atoms with Crippen molar-refractivity contribution in [3.05, 3.63) is 21.9 Å². The molecule has 1 aromatic heterocycles. The van der Waals surface area contributed by atoms with E-state index >= 15 is 0 Å². The van der Waals surface area contributed by atoms with Gasteiger partial charge in [-0.1, -0.05) is 6.42 Å². The first-order valence-corrected chi connectivity index (χ1v) is 6.61. The summed E-state index contributed by atoms with van der Waals surface area (Å²) in [4.78, 5) is 14.3. The maximum atomic E-state index is 12.1. The molecule has 2 aliphatic carbocycles. The highest BCUT2D eigenvalue weighted by molar-refractivity contribution is 7.14. The van der Waals surface area contributed by atoms with Crippen LogP contribution in [0.25, 0.3) is 0 Å². The Bertz CT molecular complexity index is 392. The predicted octanol–water partition coefficient (Wildman–Crippen LogP) is 3.82. The zero-order valence-corrected chi connectivity index (χ0v) is 9.90. The third-order valence-corrected chi connectivity index (χ3v) is 5.14. The maximum Gasteiger partial charge on any atom is 0.175 e. The molecule has 0 aromatic carbocycles. The predicted molar refractivity (Wildman–Crippen MR) is 62.4 cm³/mol. The Morgan fingerprint density at radius 2 is 2.13 bits per heavy atom. The molecule has 2 saturated carbocycles. The van der Waals surface area contributed by atoms with E-state index in [1.54, 1.807) is 11.3 Å². The molecule has 0 atom stereocenters. The van der Waals surface area contributed by atoms with E-state index in [0.29, 0.717) is 17.1 Å². The molecule has 0 bridgehead atoms. The molecule has 2 aliphatic rings. The molecule has 1 heterocycles.